The summed E-state index contributed by atoms with van der Waals surface area (Å²) in [4.78, 5) is 4.05. The SMILES string of the molecule is Cn1ccnc1CC(NN)c1cccc(C(F)(F)F)c1F. The second-order valence-corrected chi connectivity index (χ2v) is 4.58. The normalized spacial score (nSPS) is 13.4. The zero-order chi connectivity index (χ0) is 15.6. The predicted molar refractivity (Wildman–Crippen MR) is 68.4 cm³/mol. The number of nitrogens with zero attached hydrogens (tertiary/aromatic N) is 2. The van der Waals surface area contributed by atoms with Crippen molar-refractivity contribution in [3.63, 3.8) is 0 Å². The summed E-state index contributed by atoms with van der Waals surface area (Å²) >= 11 is 0. The molecule has 0 fully saturated rings. The minimum atomic E-state index is -4.75. The van der Waals surface area contributed by atoms with Gasteiger partial charge in [-0.15, -0.1) is 0 Å². The molecule has 0 saturated heterocycles. The first-order valence-corrected chi connectivity index (χ1v) is 6.12. The van der Waals surface area contributed by atoms with Crippen molar-refractivity contribution >= 4 is 0 Å². The Hall–Kier alpha value is -1.93. The van der Waals surface area contributed by atoms with E-state index in [0.717, 1.165) is 6.07 Å². The Morgan fingerprint density at radius 3 is 2.62 bits per heavy atom. The summed E-state index contributed by atoms with van der Waals surface area (Å²) < 4.78 is 54.0. The minimum Gasteiger partial charge on any atom is -0.338 e. The van der Waals surface area contributed by atoms with E-state index >= 15 is 0 Å². The number of benzene rings is 1. The van der Waals surface area contributed by atoms with E-state index in [1.807, 2.05) is 0 Å². The van der Waals surface area contributed by atoms with Gasteiger partial charge >= 0.3 is 6.18 Å². The van der Waals surface area contributed by atoms with Crippen molar-refractivity contribution in [2.24, 2.45) is 12.9 Å². The second-order valence-electron chi connectivity index (χ2n) is 4.58. The lowest BCUT2D eigenvalue weighted by molar-refractivity contribution is -0.140. The van der Waals surface area contributed by atoms with E-state index in [-0.39, 0.29) is 12.0 Å². The van der Waals surface area contributed by atoms with Gasteiger partial charge in [0.2, 0.25) is 0 Å². The van der Waals surface area contributed by atoms with Crippen molar-refractivity contribution in [1.82, 2.24) is 15.0 Å². The molecule has 1 heterocycles. The first-order chi connectivity index (χ1) is 9.84. The molecule has 0 saturated carbocycles. The van der Waals surface area contributed by atoms with Gasteiger partial charge in [0.1, 0.15) is 11.6 Å². The van der Waals surface area contributed by atoms with E-state index in [2.05, 4.69) is 10.4 Å². The summed E-state index contributed by atoms with van der Waals surface area (Å²) in [5.41, 5.74) is 0.894. The molecule has 0 aliphatic heterocycles. The van der Waals surface area contributed by atoms with Gasteiger partial charge in [-0.3, -0.25) is 11.3 Å². The van der Waals surface area contributed by atoms with E-state index in [0.29, 0.717) is 11.9 Å². The number of hydrogen-bond donors (Lipinski definition) is 2. The van der Waals surface area contributed by atoms with Crippen LogP contribution in [0, 0.1) is 5.82 Å². The standard InChI is InChI=1S/C13H14F4N4/c1-21-6-5-19-11(21)7-10(20-18)8-3-2-4-9(12(8)14)13(15,16)17/h2-6,10,20H,7,18H2,1H3. The Kier molecular flexibility index (Phi) is 4.29. The van der Waals surface area contributed by atoms with Crippen LogP contribution in [0.15, 0.2) is 30.6 Å². The lowest BCUT2D eigenvalue weighted by Gasteiger charge is -2.19. The van der Waals surface area contributed by atoms with Gasteiger partial charge in [0.05, 0.1) is 11.6 Å². The molecule has 114 valence electrons. The Morgan fingerprint density at radius 2 is 2.10 bits per heavy atom. The van der Waals surface area contributed by atoms with E-state index in [1.54, 1.807) is 24.0 Å². The molecule has 0 radical (unpaired) electrons. The van der Waals surface area contributed by atoms with Crippen LogP contribution in [0.5, 0.6) is 0 Å². The van der Waals surface area contributed by atoms with E-state index < -0.39 is 23.6 Å². The Bertz CT molecular complexity index is 621. The van der Waals surface area contributed by atoms with Gasteiger partial charge in [-0.2, -0.15) is 13.2 Å². The third-order valence-electron chi connectivity index (χ3n) is 3.22. The van der Waals surface area contributed by atoms with Gasteiger partial charge in [0.25, 0.3) is 0 Å². The summed E-state index contributed by atoms with van der Waals surface area (Å²) in [6.07, 6.45) is -1.35. The van der Waals surface area contributed by atoms with Crippen molar-refractivity contribution in [3.05, 3.63) is 53.4 Å². The number of nitrogens with two attached hydrogens (primary N) is 1. The molecule has 1 atom stereocenters. The number of aryl methyl sites for hydroxylation is 1. The molecule has 21 heavy (non-hydrogen) atoms. The summed E-state index contributed by atoms with van der Waals surface area (Å²) in [7, 11) is 1.73. The first kappa shape index (κ1) is 15.5. The highest BCUT2D eigenvalue weighted by Gasteiger charge is 2.35. The minimum absolute atomic E-state index is 0.143. The molecule has 0 amide bonds. The molecular weight excluding hydrogens is 288 g/mol. The summed E-state index contributed by atoms with van der Waals surface area (Å²) in [5.74, 6) is 4.63. The number of imidazole rings is 1. The van der Waals surface area contributed by atoms with Crippen LogP contribution in [0.25, 0.3) is 0 Å². The van der Waals surface area contributed by atoms with Crippen LogP contribution >= 0.6 is 0 Å². The quantitative estimate of drug-likeness (QED) is 0.518. The van der Waals surface area contributed by atoms with Crippen molar-refractivity contribution in [2.45, 2.75) is 18.6 Å². The fourth-order valence-corrected chi connectivity index (χ4v) is 2.07. The van der Waals surface area contributed by atoms with Gasteiger partial charge in [-0.05, 0) is 6.07 Å². The van der Waals surface area contributed by atoms with Crippen LogP contribution in [0.3, 0.4) is 0 Å². The van der Waals surface area contributed by atoms with Crippen molar-refractivity contribution < 1.29 is 17.6 Å². The van der Waals surface area contributed by atoms with Crippen molar-refractivity contribution in [2.75, 3.05) is 0 Å². The zero-order valence-electron chi connectivity index (χ0n) is 11.2. The molecule has 0 aliphatic carbocycles. The van der Waals surface area contributed by atoms with Crippen LogP contribution in [-0.4, -0.2) is 9.55 Å². The molecule has 0 aliphatic rings. The van der Waals surface area contributed by atoms with Crippen LogP contribution in [0.1, 0.15) is 23.0 Å². The van der Waals surface area contributed by atoms with E-state index in [9.17, 15) is 17.6 Å². The predicted octanol–water partition coefficient (Wildman–Crippen LogP) is 2.33. The zero-order valence-corrected chi connectivity index (χ0v) is 11.2. The van der Waals surface area contributed by atoms with Gasteiger partial charge in [-0.25, -0.2) is 9.37 Å². The highest BCUT2D eigenvalue weighted by atomic mass is 19.4. The Balaban J connectivity index is 2.37. The molecule has 0 spiro atoms. The summed E-state index contributed by atoms with van der Waals surface area (Å²) in [6.45, 7) is 0. The largest absolute Gasteiger partial charge is 0.419 e. The number of halogens is 4. The third-order valence-corrected chi connectivity index (χ3v) is 3.22. The van der Waals surface area contributed by atoms with Crippen LogP contribution in [0.4, 0.5) is 17.6 Å². The monoisotopic (exact) mass is 302 g/mol. The first-order valence-electron chi connectivity index (χ1n) is 6.12. The number of aromatic nitrogens is 2. The smallest absolute Gasteiger partial charge is 0.338 e. The highest BCUT2D eigenvalue weighted by molar-refractivity contribution is 5.31. The molecule has 2 aromatic rings. The molecule has 2 rings (SSSR count). The molecule has 3 N–H and O–H groups in total. The van der Waals surface area contributed by atoms with Crippen LogP contribution < -0.4 is 11.3 Å². The molecule has 4 nitrogen and oxygen atoms in total. The molecule has 1 aromatic heterocycles. The van der Waals surface area contributed by atoms with Crippen molar-refractivity contribution in [1.29, 1.82) is 0 Å². The number of hydrogen-bond acceptors (Lipinski definition) is 3. The van der Waals surface area contributed by atoms with Gasteiger partial charge in [-0.1, -0.05) is 12.1 Å². The average molecular weight is 302 g/mol. The fraction of sp³-hybridized carbons (Fsp3) is 0.308. The van der Waals surface area contributed by atoms with Crippen LogP contribution in [0.2, 0.25) is 0 Å². The maximum absolute atomic E-state index is 14.1. The van der Waals surface area contributed by atoms with E-state index in [4.69, 9.17) is 5.84 Å². The maximum Gasteiger partial charge on any atom is 0.419 e. The lowest BCUT2D eigenvalue weighted by Crippen LogP contribution is -2.31. The number of nitrogens with one attached hydrogen (secondary N) is 1. The molecule has 1 unspecified atom stereocenters. The highest BCUT2D eigenvalue weighted by Crippen LogP contribution is 2.34. The maximum atomic E-state index is 14.1. The van der Waals surface area contributed by atoms with Crippen molar-refractivity contribution in [3.8, 4) is 0 Å². The molecule has 1 aromatic carbocycles. The van der Waals surface area contributed by atoms with E-state index in [1.165, 1.54) is 6.07 Å². The van der Waals surface area contributed by atoms with Gasteiger partial charge in [0.15, 0.2) is 0 Å². The molecule has 0 bridgehead atoms. The Labute approximate surface area is 118 Å². The number of rotatable bonds is 4. The summed E-state index contributed by atoms with van der Waals surface area (Å²) in [5, 5.41) is 0. The average Bonchev–Trinajstić information content (AvgIpc) is 2.81. The molecular formula is C13H14F4N4. The lowest BCUT2D eigenvalue weighted by atomic mass is 10.00. The third kappa shape index (κ3) is 3.22. The topological polar surface area (TPSA) is 55.9 Å². The second kappa shape index (κ2) is 5.82. The Morgan fingerprint density at radius 1 is 1.38 bits per heavy atom. The summed E-state index contributed by atoms with van der Waals surface area (Å²) in [6, 6.07) is 2.32. The van der Waals surface area contributed by atoms with Gasteiger partial charge in [0, 0.05) is 31.4 Å². The fourth-order valence-electron chi connectivity index (χ4n) is 2.07. The number of alkyl halides is 3. The number of hydrazine groups is 1. The van der Waals surface area contributed by atoms with Gasteiger partial charge < -0.3 is 4.57 Å². The molecule has 8 heteroatoms. The van der Waals surface area contributed by atoms with Crippen LogP contribution in [-0.2, 0) is 19.6 Å².